The summed E-state index contributed by atoms with van der Waals surface area (Å²) in [6, 6.07) is 79.4. The Balaban J connectivity index is 0.939. The van der Waals surface area contributed by atoms with E-state index < -0.39 is 0 Å². The van der Waals surface area contributed by atoms with E-state index in [9.17, 15) is 0 Å². The number of aliphatic imine (C=N–C) groups is 1. The maximum absolute atomic E-state index is 5.69. The molecule has 0 bridgehead atoms. The Morgan fingerprint density at radius 2 is 1.14 bits per heavy atom. The zero-order valence-electron chi connectivity index (χ0n) is 35.6. The fraction of sp³-hybridized carbons (Fsp3) is 0.0820. The Kier molecular flexibility index (Phi) is 9.39. The third-order valence-corrected chi connectivity index (χ3v) is 14.6. The van der Waals surface area contributed by atoms with Crippen LogP contribution in [-0.4, -0.2) is 10.7 Å². The first-order valence-electron chi connectivity index (χ1n) is 22.3. The van der Waals surface area contributed by atoms with Crippen LogP contribution in [0.2, 0.25) is 0 Å². The molecule has 12 rings (SSSR count). The highest BCUT2D eigenvalue weighted by molar-refractivity contribution is 7.26. The van der Waals surface area contributed by atoms with E-state index in [0.717, 1.165) is 52.0 Å². The van der Waals surface area contributed by atoms with Crippen molar-refractivity contribution >= 4 is 58.9 Å². The Hall–Kier alpha value is -7.46. The monoisotopic (exact) mass is 836 g/mol. The number of thiophene rings is 1. The number of pyridine rings is 1. The van der Waals surface area contributed by atoms with Gasteiger partial charge in [-0.05, 0) is 93.1 Å². The van der Waals surface area contributed by atoms with Gasteiger partial charge in [-0.15, -0.1) is 11.3 Å². The fourth-order valence-corrected chi connectivity index (χ4v) is 11.2. The van der Waals surface area contributed by atoms with Crippen molar-refractivity contribution in [2.45, 2.75) is 25.3 Å². The predicted octanol–water partition coefficient (Wildman–Crippen LogP) is 16.4. The molecule has 2 atom stereocenters. The van der Waals surface area contributed by atoms with Gasteiger partial charge in [0.15, 0.2) is 0 Å². The van der Waals surface area contributed by atoms with Crippen LogP contribution in [0.4, 0.5) is 0 Å². The number of nitrogens with zero attached hydrogens (tertiary/aromatic N) is 2. The summed E-state index contributed by atoms with van der Waals surface area (Å²) in [5.74, 6) is 0.378. The second-order valence-electron chi connectivity index (χ2n) is 17.3. The number of fused-ring (bicyclic) bond motifs is 6. The van der Waals surface area contributed by atoms with Crippen LogP contribution in [0.5, 0.6) is 0 Å². The van der Waals surface area contributed by atoms with Gasteiger partial charge in [0, 0.05) is 37.7 Å². The van der Waals surface area contributed by atoms with Gasteiger partial charge in [0.05, 0.1) is 21.4 Å². The molecular weight excluding hydrogens is 793 g/mol. The van der Waals surface area contributed by atoms with Gasteiger partial charge in [0.1, 0.15) is 0 Å². The third kappa shape index (κ3) is 6.81. The lowest BCUT2D eigenvalue weighted by atomic mass is 9.94. The number of benzene rings is 9. The average molecular weight is 837 g/mol. The van der Waals surface area contributed by atoms with E-state index in [4.69, 9.17) is 9.98 Å². The van der Waals surface area contributed by atoms with Crippen LogP contribution in [0.1, 0.15) is 30.0 Å². The molecular formula is C61H44N2S. The van der Waals surface area contributed by atoms with E-state index in [-0.39, 0.29) is 5.54 Å². The maximum atomic E-state index is 5.69. The minimum Gasteiger partial charge on any atom is -0.278 e. The molecule has 2 aromatic heterocycles. The lowest BCUT2D eigenvalue weighted by Gasteiger charge is -2.17. The highest BCUT2D eigenvalue weighted by atomic mass is 32.1. The van der Waals surface area contributed by atoms with Crippen molar-refractivity contribution in [2.24, 2.45) is 10.9 Å². The molecule has 1 fully saturated rings. The normalized spacial score (nSPS) is 16.2. The quantitative estimate of drug-likeness (QED) is 0.133. The largest absolute Gasteiger partial charge is 0.278 e. The topological polar surface area (TPSA) is 25.2 Å². The molecule has 0 amide bonds. The Bertz CT molecular complexity index is 3530. The first-order valence-corrected chi connectivity index (χ1v) is 23.1. The summed E-state index contributed by atoms with van der Waals surface area (Å²) >= 11 is 1.84. The minimum atomic E-state index is -0.319. The first kappa shape index (κ1) is 38.2. The predicted molar refractivity (Wildman–Crippen MR) is 272 cm³/mol. The lowest BCUT2D eigenvalue weighted by Crippen LogP contribution is -2.12. The molecule has 2 heterocycles. The lowest BCUT2D eigenvalue weighted by molar-refractivity contribution is 0.629. The van der Waals surface area contributed by atoms with Crippen molar-refractivity contribution < 1.29 is 0 Å². The molecule has 1 saturated carbocycles. The minimum absolute atomic E-state index is 0.319. The van der Waals surface area contributed by atoms with Crippen molar-refractivity contribution in [3.05, 3.63) is 235 Å². The van der Waals surface area contributed by atoms with E-state index >= 15 is 0 Å². The SMILES string of the molecule is C/C(=N\C1(c2ccc(-c3cccc4c3nc(-c3ccc5ccccc5c3)c3sc5ccccc5c34)cc2)CC1Cc1ccc(-c2ccccc2)cc1)c1ccc(-c2ccccc2)cc1. The van der Waals surface area contributed by atoms with Crippen LogP contribution < -0.4 is 0 Å². The van der Waals surface area contributed by atoms with Crippen LogP contribution in [0, 0.1) is 5.92 Å². The van der Waals surface area contributed by atoms with Crippen molar-refractivity contribution in [3.63, 3.8) is 0 Å². The first-order chi connectivity index (χ1) is 31.6. The number of hydrogen-bond donors (Lipinski definition) is 0. The number of rotatable bonds is 9. The third-order valence-electron chi connectivity index (χ3n) is 13.5. The summed E-state index contributed by atoms with van der Waals surface area (Å²) < 4.78 is 2.51. The fourth-order valence-electron chi connectivity index (χ4n) is 9.97. The van der Waals surface area contributed by atoms with Crippen molar-refractivity contribution in [1.82, 2.24) is 4.98 Å². The molecule has 0 saturated heterocycles. The maximum Gasteiger partial charge on any atom is 0.0895 e. The Labute approximate surface area is 377 Å². The Morgan fingerprint density at radius 3 is 1.88 bits per heavy atom. The molecule has 0 N–H and O–H groups in total. The van der Waals surface area contributed by atoms with Gasteiger partial charge in [0.2, 0.25) is 0 Å². The van der Waals surface area contributed by atoms with Crippen LogP contribution in [0.15, 0.2) is 223 Å². The molecule has 64 heavy (non-hydrogen) atoms. The zero-order chi connectivity index (χ0) is 42.6. The molecule has 9 aromatic carbocycles. The average Bonchev–Trinajstić information content (AvgIpc) is 3.90. The van der Waals surface area contributed by atoms with Gasteiger partial charge >= 0.3 is 0 Å². The molecule has 1 aliphatic carbocycles. The van der Waals surface area contributed by atoms with Gasteiger partial charge in [-0.1, -0.05) is 206 Å². The molecule has 0 spiro atoms. The molecule has 1 aliphatic rings. The van der Waals surface area contributed by atoms with Crippen molar-refractivity contribution in [3.8, 4) is 44.6 Å². The van der Waals surface area contributed by atoms with Gasteiger partial charge in [-0.2, -0.15) is 0 Å². The van der Waals surface area contributed by atoms with E-state index in [2.05, 4.69) is 225 Å². The number of hydrogen-bond acceptors (Lipinski definition) is 3. The molecule has 0 aliphatic heterocycles. The van der Waals surface area contributed by atoms with E-state index in [1.165, 1.54) is 69.7 Å². The van der Waals surface area contributed by atoms with Crippen molar-refractivity contribution in [2.75, 3.05) is 0 Å². The zero-order valence-corrected chi connectivity index (χ0v) is 36.4. The summed E-state index contributed by atoms with van der Waals surface area (Å²) in [7, 11) is 0. The second kappa shape index (κ2) is 15.7. The standard InChI is InChI=1S/C61H44N2S/c1-40(42-27-29-47(30-28-42)44-15-6-3-7-16-44)63-61(39-52(61)37-41-23-25-46(26-24-41)43-13-4-2-5-14-43)51-35-33-48(34-36-51)53-20-12-21-55-57-54-19-10-11-22-56(54)64-60(57)58(62-59(53)55)50-32-31-45-17-8-9-18-49(45)38-50/h2-36,38,52H,37,39H2,1H3/b63-40+. The summed E-state index contributed by atoms with van der Waals surface area (Å²) in [6.45, 7) is 2.18. The second-order valence-corrected chi connectivity index (χ2v) is 18.4. The molecule has 11 aromatic rings. The van der Waals surface area contributed by atoms with Gasteiger partial charge in [0.25, 0.3) is 0 Å². The molecule has 2 unspecified atom stereocenters. The van der Waals surface area contributed by atoms with Gasteiger partial charge < -0.3 is 0 Å². The summed E-state index contributed by atoms with van der Waals surface area (Å²) in [4.78, 5) is 11.3. The molecule has 3 heteroatoms. The Morgan fingerprint density at radius 1 is 0.547 bits per heavy atom. The van der Waals surface area contributed by atoms with Crippen LogP contribution >= 0.6 is 11.3 Å². The van der Waals surface area contributed by atoms with E-state index in [0.29, 0.717) is 5.92 Å². The van der Waals surface area contributed by atoms with Gasteiger partial charge in [-0.25, -0.2) is 4.98 Å². The van der Waals surface area contributed by atoms with Gasteiger partial charge in [-0.3, -0.25) is 4.99 Å². The number of aromatic nitrogens is 1. The summed E-state index contributed by atoms with van der Waals surface area (Å²) in [5.41, 5.74) is 14.9. The highest BCUT2D eigenvalue weighted by Gasteiger charge is 2.55. The molecule has 2 nitrogen and oxygen atoms in total. The van der Waals surface area contributed by atoms with Crippen LogP contribution in [0.25, 0.3) is 86.5 Å². The molecule has 304 valence electrons. The van der Waals surface area contributed by atoms with Crippen molar-refractivity contribution in [1.29, 1.82) is 0 Å². The smallest absolute Gasteiger partial charge is 0.0895 e. The van der Waals surface area contributed by atoms with Crippen LogP contribution in [-0.2, 0) is 12.0 Å². The summed E-state index contributed by atoms with van der Waals surface area (Å²) in [6.07, 6.45) is 1.97. The number of para-hydroxylation sites is 1. The van der Waals surface area contributed by atoms with E-state index in [1.807, 2.05) is 11.3 Å². The molecule has 0 radical (unpaired) electrons. The summed E-state index contributed by atoms with van der Waals surface area (Å²) in [5, 5.41) is 6.21. The highest BCUT2D eigenvalue weighted by Crippen LogP contribution is 2.57. The van der Waals surface area contributed by atoms with E-state index in [1.54, 1.807) is 0 Å². The van der Waals surface area contributed by atoms with Crippen LogP contribution in [0.3, 0.4) is 0 Å².